The second-order valence-electron chi connectivity index (χ2n) is 27.4. The number of phosphoric ester groups is 2. The Morgan fingerprint density at radius 1 is 0.290 bits per heavy atom. The summed E-state index contributed by atoms with van der Waals surface area (Å²) < 4.78 is 68.6. The van der Waals surface area contributed by atoms with Crippen molar-refractivity contribution in [2.24, 2.45) is 0 Å². The SMILES string of the molecule is CC/C=C\C/C=C\C/C=C\C/C=C\C/C=C\CCCCCC(=O)OCC(COP(=O)(O)OCC(O)COP(=O)(O)OCC(COC(=O)CCCCCCCCCCCCCCC)OC(=O)CCCCCCCCCCCCCCC)OC(=O)CCCCCCCCCCCCCCCCC. The molecule has 0 aliphatic rings. The van der Waals surface area contributed by atoms with Crippen LogP contribution in [0.15, 0.2) is 60.8 Å². The van der Waals surface area contributed by atoms with Gasteiger partial charge in [0, 0.05) is 25.7 Å². The van der Waals surface area contributed by atoms with Crippen LogP contribution in [0.5, 0.6) is 0 Å². The molecule has 0 saturated carbocycles. The summed E-state index contributed by atoms with van der Waals surface area (Å²) in [6, 6.07) is 0. The van der Waals surface area contributed by atoms with Crippen LogP contribution in [0.1, 0.15) is 374 Å². The molecular weight excluding hydrogens is 1310 g/mol. The van der Waals surface area contributed by atoms with Gasteiger partial charge >= 0.3 is 39.5 Å². The number of unbranched alkanes of at least 4 members (excludes halogenated alkanes) is 41. The van der Waals surface area contributed by atoms with E-state index in [2.05, 4.69) is 88.5 Å². The van der Waals surface area contributed by atoms with Gasteiger partial charge in [-0.25, -0.2) is 9.13 Å². The van der Waals surface area contributed by atoms with E-state index in [1.165, 1.54) is 173 Å². The molecule has 0 heterocycles. The lowest BCUT2D eigenvalue weighted by molar-refractivity contribution is -0.161. The second kappa shape index (κ2) is 74.0. The number of hydrogen-bond acceptors (Lipinski definition) is 15. The summed E-state index contributed by atoms with van der Waals surface area (Å²) >= 11 is 0. The average molecular weight is 1460 g/mol. The highest BCUT2D eigenvalue weighted by Crippen LogP contribution is 2.45. The van der Waals surface area contributed by atoms with Crippen LogP contribution in [0.4, 0.5) is 0 Å². The molecule has 0 rings (SSSR count). The number of ether oxygens (including phenoxy) is 4. The number of carbonyl (C=O) groups excluding carboxylic acids is 4. The van der Waals surface area contributed by atoms with Gasteiger partial charge in [0.1, 0.15) is 19.3 Å². The number of aliphatic hydroxyl groups is 1. The maximum Gasteiger partial charge on any atom is 0.472 e. The van der Waals surface area contributed by atoms with Gasteiger partial charge in [0.05, 0.1) is 26.4 Å². The first-order chi connectivity index (χ1) is 48.7. The smallest absolute Gasteiger partial charge is 0.462 e. The number of aliphatic hydroxyl groups excluding tert-OH is 1. The number of rotatable bonds is 77. The standard InChI is InChI=1S/C81H148O17P2/c1-5-9-13-17-21-25-29-33-35-36-37-38-40-43-46-50-54-58-62-66-79(84)92-72-77(98-81(86)68-64-60-56-52-48-44-39-34-30-26-22-18-14-10-6-2)74-96-100(89,90)94-70-75(82)69-93-99(87,88)95-73-76(97-80(85)67-63-59-55-51-47-42-32-28-24-20-16-12-8-4)71-91-78(83)65-61-57-53-49-45-41-31-27-23-19-15-11-7-3/h9,13,21,25,33,35,37-38,43,46,75-77,82H,5-8,10-12,14-20,22-24,26-32,34,36,39-42,44-45,47-74H2,1-4H3,(H,87,88)(H,89,90)/b13-9-,25-21-,35-33-,38-37-,46-43-. The molecule has 0 saturated heterocycles. The van der Waals surface area contributed by atoms with Gasteiger partial charge in [-0.1, -0.05) is 339 Å². The minimum absolute atomic E-state index is 0.0941. The van der Waals surface area contributed by atoms with Crippen molar-refractivity contribution in [3.05, 3.63) is 60.8 Å². The molecule has 0 fully saturated rings. The van der Waals surface area contributed by atoms with Gasteiger partial charge in [0.15, 0.2) is 12.2 Å². The predicted octanol–water partition coefficient (Wildman–Crippen LogP) is 23.5. The largest absolute Gasteiger partial charge is 0.472 e. The Labute approximate surface area is 610 Å². The summed E-state index contributed by atoms with van der Waals surface area (Å²) in [5.74, 6) is -2.17. The van der Waals surface area contributed by atoms with Crippen molar-refractivity contribution in [3.63, 3.8) is 0 Å². The van der Waals surface area contributed by atoms with Crippen molar-refractivity contribution < 1.29 is 80.2 Å². The van der Waals surface area contributed by atoms with Crippen LogP contribution in [0, 0.1) is 0 Å². The van der Waals surface area contributed by atoms with Gasteiger partial charge in [-0.15, -0.1) is 0 Å². The molecule has 0 amide bonds. The van der Waals surface area contributed by atoms with E-state index in [4.69, 9.17) is 37.0 Å². The Hall–Kier alpha value is -3.24. The Morgan fingerprint density at radius 2 is 0.520 bits per heavy atom. The van der Waals surface area contributed by atoms with Gasteiger partial charge < -0.3 is 33.8 Å². The normalized spacial score (nSPS) is 14.2. The molecule has 100 heavy (non-hydrogen) atoms. The average Bonchev–Trinajstić information content (AvgIpc) is 0.946. The van der Waals surface area contributed by atoms with Crippen LogP contribution < -0.4 is 0 Å². The molecule has 0 spiro atoms. The molecule has 0 radical (unpaired) electrons. The molecule has 19 heteroatoms. The molecule has 0 bridgehead atoms. The number of phosphoric acid groups is 2. The molecule has 0 aliphatic carbocycles. The fraction of sp³-hybridized carbons (Fsp3) is 0.827. The number of allylic oxidation sites excluding steroid dienone is 10. The van der Waals surface area contributed by atoms with Crippen LogP contribution in [0.2, 0.25) is 0 Å². The van der Waals surface area contributed by atoms with Crippen LogP contribution in [0.3, 0.4) is 0 Å². The molecule has 0 aromatic rings. The predicted molar refractivity (Wildman–Crippen MR) is 409 cm³/mol. The molecule has 584 valence electrons. The third-order valence-electron chi connectivity index (χ3n) is 17.5. The van der Waals surface area contributed by atoms with E-state index in [9.17, 15) is 43.2 Å². The molecule has 0 aromatic heterocycles. The molecular formula is C81H148O17P2. The van der Waals surface area contributed by atoms with Gasteiger partial charge in [-0.2, -0.15) is 0 Å². The first kappa shape index (κ1) is 96.8. The minimum Gasteiger partial charge on any atom is -0.462 e. The Balaban J connectivity index is 5.33. The summed E-state index contributed by atoms with van der Waals surface area (Å²) in [6.07, 6.45) is 73.4. The number of carbonyl (C=O) groups is 4. The highest BCUT2D eigenvalue weighted by molar-refractivity contribution is 7.47. The number of hydrogen-bond donors (Lipinski definition) is 3. The fourth-order valence-electron chi connectivity index (χ4n) is 11.4. The lowest BCUT2D eigenvalue weighted by Crippen LogP contribution is -2.30. The lowest BCUT2D eigenvalue weighted by Gasteiger charge is -2.21. The maximum absolute atomic E-state index is 13.1. The summed E-state index contributed by atoms with van der Waals surface area (Å²) in [5, 5.41) is 10.6. The second-order valence-corrected chi connectivity index (χ2v) is 30.3. The monoisotopic (exact) mass is 1460 g/mol. The zero-order valence-electron chi connectivity index (χ0n) is 63.9. The Morgan fingerprint density at radius 3 is 0.800 bits per heavy atom. The lowest BCUT2D eigenvalue weighted by atomic mass is 10.0. The van der Waals surface area contributed by atoms with Crippen LogP contribution in [-0.4, -0.2) is 96.7 Å². The third-order valence-corrected chi connectivity index (χ3v) is 19.4. The van der Waals surface area contributed by atoms with Gasteiger partial charge in [0.25, 0.3) is 0 Å². The van der Waals surface area contributed by atoms with E-state index in [1.54, 1.807) is 0 Å². The van der Waals surface area contributed by atoms with Gasteiger partial charge in [0.2, 0.25) is 0 Å². The van der Waals surface area contributed by atoms with E-state index in [1.807, 2.05) is 0 Å². The topological polar surface area (TPSA) is 237 Å². The van der Waals surface area contributed by atoms with Crippen molar-refractivity contribution in [3.8, 4) is 0 Å². The van der Waals surface area contributed by atoms with Crippen molar-refractivity contribution in [2.75, 3.05) is 39.6 Å². The maximum atomic E-state index is 13.1. The molecule has 17 nitrogen and oxygen atoms in total. The van der Waals surface area contributed by atoms with E-state index in [-0.39, 0.29) is 25.7 Å². The van der Waals surface area contributed by atoms with Gasteiger partial charge in [-0.05, 0) is 70.6 Å². The van der Waals surface area contributed by atoms with Crippen molar-refractivity contribution in [1.29, 1.82) is 0 Å². The molecule has 0 aromatic carbocycles. The Bertz CT molecular complexity index is 2130. The van der Waals surface area contributed by atoms with Gasteiger partial charge in [-0.3, -0.25) is 37.3 Å². The zero-order valence-corrected chi connectivity index (χ0v) is 65.7. The highest BCUT2D eigenvalue weighted by atomic mass is 31.2. The van der Waals surface area contributed by atoms with E-state index in [0.29, 0.717) is 25.7 Å². The number of esters is 4. The van der Waals surface area contributed by atoms with E-state index in [0.717, 1.165) is 122 Å². The fourth-order valence-corrected chi connectivity index (χ4v) is 12.9. The zero-order chi connectivity index (χ0) is 73.2. The van der Waals surface area contributed by atoms with E-state index < -0.39 is 97.5 Å². The summed E-state index contributed by atoms with van der Waals surface area (Å²) in [4.78, 5) is 73.0. The molecule has 3 N–H and O–H groups in total. The van der Waals surface area contributed by atoms with Crippen LogP contribution in [-0.2, 0) is 65.4 Å². The first-order valence-corrected chi connectivity index (χ1v) is 43.5. The van der Waals surface area contributed by atoms with Crippen LogP contribution >= 0.6 is 15.6 Å². The Kier molecular flexibility index (Phi) is 71.6. The summed E-state index contributed by atoms with van der Waals surface area (Å²) in [6.45, 7) is 4.81. The minimum atomic E-state index is -4.98. The third kappa shape index (κ3) is 73.1. The molecule has 5 unspecified atom stereocenters. The first-order valence-electron chi connectivity index (χ1n) is 40.5. The quantitative estimate of drug-likeness (QED) is 0.0169. The molecule has 5 atom stereocenters. The van der Waals surface area contributed by atoms with Crippen LogP contribution in [0.25, 0.3) is 0 Å². The summed E-state index contributed by atoms with van der Waals surface area (Å²) in [5.41, 5.74) is 0. The molecule has 0 aliphatic heterocycles. The van der Waals surface area contributed by atoms with E-state index >= 15 is 0 Å². The van der Waals surface area contributed by atoms with Crippen molar-refractivity contribution >= 4 is 39.5 Å². The van der Waals surface area contributed by atoms with Crippen molar-refractivity contribution in [1.82, 2.24) is 0 Å². The summed E-state index contributed by atoms with van der Waals surface area (Å²) in [7, 11) is -9.94. The highest BCUT2D eigenvalue weighted by Gasteiger charge is 2.30. The van der Waals surface area contributed by atoms with Crippen molar-refractivity contribution in [2.45, 2.75) is 393 Å².